The molecule has 1 unspecified atom stereocenters. The minimum absolute atomic E-state index is 0.0650. The Hall–Kier alpha value is -2.96. The number of alkyl halides is 3. The lowest BCUT2D eigenvalue weighted by molar-refractivity contribution is -0.139. The molecule has 0 aliphatic carbocycles. The number of rotatable bonds is 6. The summed E-state index contributed by atoms with van der Waals surface area (Å²) in [6, 6.07) is 13.0. The van der Waals surface area contributed by atoms with Gasteiger partial charge in [-0.25, -0.2) is 0 Å². The molecular weight excluding hydrogens is 383 g/mol. The number of benzene rings is 2. The Kier molecular flexibility index (Phi) is 5.86. The van der Waals surface area contributed by atoms with Crippen molar-refractivity contribution in [2.45, 2.75) is 38.7 Å². The lowest BCUT2D eigenvalue weighted by Gasteiger charge is -2.20. The molecule has 1 aliphatic rings. The van der Waals surface area contributed by atoms with Gasteiger partial charge in [-0.05, 0) is 25.5 Å². The van der Waals surface area contributed by atoms with Gasteiger partial charge in [-0.3, -0.25) is 4.79 Å². The Bertz CT molecular complexity index is 921. The Labute approximate surface area is 167 Å². The van der Waals surface area contributed by atoms with Crippen molar-refractivity contribution in [1.82, 2.24) is 5.32 Å². The maximum absolute atomic E-state index is 13.6. The molecule has 29 heavy (non-hydrogen) atoms. The lowest BCUT2D eigenvalue weighted by Crippen LogP contribution is -2.22. The highest BCUT2D eigenvalue weighted by Crippen LogP contribution is 2.43. The van der Waals surface area contributed by atoms with Gasteiger partial charge in [0.05, 0.1) is 17.2 Å². The van der Waals surface area contributed by atoms with E-state index in [2.05, 4.69) is 5.32 Å². The second-order valence-corrected chi connectivity index (χ2v) is 6.96. The quantitative estimate of drug-likeness (QED) is 0.764. The lowest BCUT2D eigenvalue weighted by atomic mass is 9.94. The van der Waals surface area contributed by atoms with Crippen LogP contribution in [0.5, 0.6) is 5.75 Å². The highest BCUT2D eigenvalue weighted by Gasteiger charge is 2.41. The van der Waals surface area contributed by atoms with Gasteiger partial charge in [-0.1, -0.05) is 42.5 Å². The van der Waals surface area contributed by atoms with Crippen LogP contribution in [0.15, 0.2) is 54.4 Å². The van der Waals surface area contributed by atoms with E-state index in [0.29, 0.717) is 6.42 Å². The first-order valence-electron chi connectivity index (χ1n) is 9.26. The Morgan fingerprint density at radius 1 is 1.10 bits per heavy atom. The largest absolute Gasteiger partial charge is 0.490 e. The number of carbonyl (C=O) groups excluding carboxylic acids is 1. The number of carbonyl (C=O) groups is 1. The summed E-state index contributed by atoms with van der Waals surface area (Å²) in [4.78, 5) is 13.1. The minimum Gasteiger partial charge on any atom is -0.490 e. The number of halogens is 3. The fourth-order valence-electron chi connectivity index (χ4n) is 3.25. The zero-order valence-electron chi connectivity index (χ0n) is 16.3. The zero-order chi connectivity index (χ0) is 21.2. The summed E-state index contributed by atoms with van der Waals surface area (Å²) >= 11 is 0. The molecule has 1 heterocycles. The van der Waals surface area contributed by atoms with Crippen molar-refractivity contribution in [2.24, 2.45) is 0 Å². The number of hydrogen-bond donors (Lipinski definition) is 1. The van der Waals surface area contributed by atoms with Crippen LogP contribution >= 0.6 is 0 Å². The molecule has 2 aromatic rings. The van der Waals surface area contributed by atoms with E-state index in [1.54, 1.807) is 20.9 Å². The molecule has 0 radical (unpaired) electrons. The molecule has 1 atom stereocenters. The molecule has 1 N–H and O–H groups in total. The first-order valence-corrected chi connectivity index (χ1v) is 9.26. The molecule has 0 amide bonds. The van der Waals surface area contributed by atoms with Gasteiger partial charge in [-0.2, -0.15) is 13.2 Å². The van der Waals surface area contributed by atoms with Crippen LogP contribution in [-0.4, -0.2) is 25.0 Å². The van der Waals surface area contributed by atoms with Gasteiger partial charge in [0.1, 0.15) is 5.75 Å². The Morgan fingerprint density at radius 2 is 1.79 bits per heavy atom. The molecule has 2 aromatic carbocycles. The predicted molar refractivity (Wildman–Crippen MR) is 103 cm³/mol. The first kappa shape index (κ1) is 20.8. The zero-order valence-corrected chi connectivity index (χ0v) is 16.3. The van der Waals surface area contributed by atoms with E-state index in [0.717, 1.165) is 11.6 Å². The van der Waals surface area contributed by atoms with Gasteiger partial charge < -0.3 is 14.8 Å². The molecule has 1 aliphatic heterocycles. The van der Waals surface area contributed by atoms with Crippen molar-refractivity contribution < 1.29 is 27.4 Å². The van der Waals surface area contributed by atoms with Gasteiger partial charge in [0.2, 0.25) is 5.78 Å². The second-order valence-electron chi connectivity index (χ2n) is 6.96. The van der Waals surface area contributed by atoms with Gasteiger partial charge >= 0.3 is 6.18 Å². The minimum atomic E-state index is -4.62. The predicted octanol–water partition coefficient (Wildman–Crippen LogP) is 4.59. The number of para-hydroxylation sites is 1. The summed E-state index contributed by atoms with van der Waals surface area (Å²) in [6.45, 7) is 3.27. The van der Waals surface area contributed by atoms with Crippen LogP contribution in [0.25, 0.3) is 5.57 Å². The van der Waals surface area contributed by atoms with Crippen LogP contribution in [0.1, 0.15) is 30.5 Å². The summed E-state index contributed by atoms with van der Waals surface area (Å²) in [6.07, 6.45) is -5.63. The Morgan fingerprint density at radius 3 is 2.38 bits per heavy atom. The molecule has 0 fully saturated rings. The molecule has 3 rings (SSSR count). The van der Waals surface area contributed by atoms with Crippen LogP contribution in [0.3, 0.4) is 0 Å². The number of ketones is 1. The van der Waals surface area contributed by atoms with E-state index in [1.807, 2.05) is 30.3 Å². The van der Waals surface area contributed by atoms with Crippen molar-refractivity contribution >= 4 is 11.4 Å². The molecule has 0 aromatic heterocycles. The van der Waals surface area contributed by atoms with E-state index in [-0.39, 0.29) is 28.6 Å². The monoisotopic (exact) mass is 405 g/mol. The van der Waals surface area contributed by atoms with Gasteiger partial charge in [0.25, 0.3) is 0 Å². The maximum atomic E-state index is 13.6. The molecule has 0 saturated carbocycles. The van der Waals surface area contributed by atoms with E-state index in [1.165, 1.54) is 12.1 Å². The van der Waals surface area contributed by atoms with Crippen LogP contribution in [0, 0.1) is 0 Å². The number of hydrogen-bond acceptors (Lipinski definition) is 4. The standard InChI is InChI=1S/C22H22F3NO3/c1-13(2)28-20-15(10-7-11-16(20)22(23,24)25)18-19(27)17(29-21(18)26-3)12-14-8-5-4-6-9-14/h4-11,13,17,26H,12H2,1-3H3. The third-order valence-electron chi connectivity index (χ3n) is 4.46. The fourth-order valence-corrected chi connectivity index (χ4v) is 3.25. The number of Topliss-reactive ketones (excluding diaryl/α,β-unsaturated/α-hetero) is 1. The maximum Gasteiger partial charge on any atom is 0.419 e. The molecule has 0 spiro atoms. The summed E-state index contributed by atoms with van der Waals surface area (Å²) in [5, 5.41) is 2.80. The smallest absolute Gasteiger partial charge is 0.419 e. The molecule has 7 heteroatoms. The van der Waals surface area contributed by atoms with Crippen LogP contribution < -0.4 is 10.1 Å². The van der Waals surface area contributed by atoms with Crippen molar-refractivity contribution in [3.8, 4) is 5.75 Å². The number of nitrogens with one attached hydrogen (secondary N) is 1. The number of ether oxygens (including phenoxy) is 2. The average molecular weight is 405 g/mol. The summed E-state index contributed by atoms with van der Waals surface area (Å²) in [5.74, 6) is -0.606. The Balaban J connectivity index is 2.05. The first-order chi connectivity index (χ1) is 13.7. The molecule has 0 bridgehead atoms. The van der Waals surface area contributed by atoms with Gasteiger partial charge in [0.15, 0.2) is 12.0 Å². The van der Waals surface area contributed by atoms with Gasteiger partial charge in [0, 0.05) is 19.0 Å². The molecular formula is C22H22F3NO3. The van der Waals surface area contributed by atoms with Crippen LogP contribution in [0.2, 0.25) is 0 Å². The second kappa shape index (κ2) is 8.19. The van der Waals surface area contributed by atoms with Crippen molar-refractivity contribution in [2.75, 3.05) is 7.05 Å². The van der Waals surface area contributed by atoms with Crippen molar-refractivity contribution in [3.05, 3.63) is 71.1 Å². The topological polar surface area (TPSA) is 47.6 Å². The normalized spacial score (nSPS) is 16.9. The molecule has 4 nitrogen and oxygen atoms in total. The van der Waals surface area contributed by atoms with Crippen LogP contribution in [0.4, 0.5) is 13.2 Å². The highest BCUT2D eigenvalue weighted by molar-refractivity contribution is 6.25. The summed E-state index contributed by atoms with van der Waals surface area (Å²) in [5.41, 5.74) is 0.102. The third kappa shape index (κ3) is 4.39. The van der Waals surface area contributed by atoms with E-state index in [9.17, 15) is 18.0 Å². The van der Waals surface area contributed by atoms with E-state index < -0.39 is 23.9 Å². The van der Waals surface area contributed by atoms with E-state index in [4.69, 9.17) is 9.47 Å². The van der Waals surface area contributed by atoms with Crippen molar-refractivity contribution in [1.29, 1.82) is 0 Å². The third-order valence-corrected chi connectivity index (χ3v) is 4.46. The van der Waals surface area contributed by atoms with Crippen molar-refractivity contribution in [3.63, 3.8) is 0 Å². The average Bonchev–Trinajstić information content (AvgIpc) is 2.97. The SMILES string of the molecule is CNC1=C(c2cccc(C(F)(F)F)c2OC(C)C)C(=O)C(Cc2ccccc2)O1. The fraction of sp³-hybridized carbons (Fsp3) is 0.318. The highest BCUT2D eigenvalue weighted by atomic mass is 19.4. The summed E-state index contributed by atoms with van der Waals surface area (Å²) < 4.78 is 52.0. The molecule has 154 valence electrons. The van der Waals surface area contributed by atoms with E-state index >= 15 is 0 Å². The summed E-state index contributed by atoms with van der Waals surface area (Å²) in [7, 11) is 1.56. The molecule has 0 saturated heterocycles. The van der Waals surface area contributed by atoms with Gasteiger partial charge in [-0.15, -0.1) is 0 Å². The van der Waals surface area contributed by atoms with Crippen LogP contribution in [-0.2, 0) is 22.1 Å².